The third-order valence-electron chi connectivity index (χ3n) is 3.21. The van der Waals surface area contributed by atoms with E-state index in [4.69, 9.17) is 0 Å². The SMILES string of the molecule is O=C1CCCCCc2ccc[n+](c2)CCC1. The monoisotopic (exact) mass is 218 g/mol. The molecule has 0 aromatic carbocycles. The number of rotatable bonds is 0. The minimum atomic E-state index is 0.442. The summed E-state index contributed by atoms with van der Waals surface area (Å²) in [5.74, 6) is 0.442. The lowest BCUT2D eigenvalue weighted by atomic mass is 10.0. The van der Waals surface area contributed by atoms with Gasteiger partial charge in [0.25, 0.3) is 0 Å². The summed E-state index contributed by atoms with van der Waals surface area (Å²) in [5, 5.41) is 0. The van der Waals surface area contributed by atoms with Gasteiger partial charge >= 0.3 is 0 Å². The Morgan fingerprint density at radius 1 is 1.00 bits per heavy atom. The summed E-state index contributed by atoms with van der Waals surface area (Å²) in [6.45, 7) is 0.972. The zero-order valence-electron chi connectivity index (χ0n) is 9.82. The number of pyridine rings is 1. The normalized spacial score (nSPS) is 18.6. The highest BCUT2D eigenvalue weighted by Crippen LogP contribution is 2.09. The van der Waals surface area contributed by atoms with Crippen LogP contribution in [0.4, 0.5) is 0 Å². The van der Waals surface area contributed by atoms with Crippen LogP contribution in [0, 0.1) is 0 Å². The van der Waals surface area contributed by atoms with E-state index in [1.165, 1.54) is 18.4 Å². The van der Waals surface area contributed by atoms with Crippen molar-refractivity contribution in [1.29, 1.82) is 0 Å². The van der Waals surface area contributed by atoms with Gasteiger partial charge in [0, 0.05) is 30.9 Å². The lowest BCUT2D eigenvalue weighted by Crippen LogP contribution is -2.33. The first-order valence-electron chi connectivity index (χ1n) is 6.34. The lowest BCUT2D eigenvalue weighted by molar-refractivity contribution is -0.697. The van der Waals surface area contributed by atoms with E-state index in [1.807, 2.05) is 0 Å². The fourth-order valence-electron chi connectivity index (χ4n) is 2.28. The number of Topliss-reactive ketones (excluding diaryl/α,β-unsaturated/α-hetero) is 1. The van der Waals surface area contributed by atoms with Gasteiger partial charge in [0.1, 0.15) is 12.3 Å². The maximum atomic E-state index is 11.5. The molecule has 2 heterocycles. The Labute approximate surface area is 97.3 Å². The largest absolute Gasteiger partial charge is 0.300 e. The van der Waals surface area contributed by atoms with E-state index in [2.05, 4.69) is 29.1 Å². The van der Waals surface area contributed by atoms with Crippen molar-refractivity contribution < 1.29 is 9.36 Å². The maximum absolute atomic E-state index is 11.5. The molecule has 0 saturated heterocycles. The quantitative estimate of drug-likeness (QED) is 0.613. The van der Waals surface area contributed by atoms with Crippen LogP contribution in [0.2, 0.25) is 0 Å². The first kappa shape index (κ1) is 11.3. The number of nitrogens with zero attached hydrogens (tertiary/aromatic N) is 1. The van der Waals surface area contributed by atoms with Crippen molar-refractivity contribution in [3.05, 3.63) is 30.1 Å². The summed E-state index contributed by atoms with van der Waals surface area (Å²) in [6, 6.07) is 4.32. The average molecular weight is 218 g/mol. The van der Waals surface area contributed by atoms with Gasteiger partial charge in [0.05, 0.1) is 0 Å². The number of ketones is 1. The Balaban J connectivity index is 2.04. The van der Waals surface area contributed by atoms with Gasteiger partial charge in [0.15, 0.2) is 12.4 Å². The standard InChI is InChI=1S/C14H20NO/c16-14-8-3-1-2-6-13-7-4-10-15(12-13)11-5-9-14/h4,7,10,12H,1-3,5-6,8-9,11H2/q+1. The summed E-state index contributed by atoms with van der Waals surface area (Å²) in [5.41, 5.74) is 1.43. The predicted octanol–water partition coefficient (Wildman–Crippen LogP) is 2.44. The van der Waals surface area contributed by atoms with Crippen molar-refractivity contribution in [2.75, 3.05) is 0 Å². The molecule has 16 heavy (non-hydrogen) atoms. The van der Waals surface area contributed by atoms with E-state index in [1.54, 1.807) is 0 Å². The minimum Gasteiger partial charge on any atom is -0.300 e. The first-order valence-corrected chi connectivity index (χ1v) is 6.34. The van der Waals surface area contributed by atoms with Crippen molar-refractivity contribution in [2.24, 2.45) is 0 Å². The zero-order chi connectivity index (χ0) is 11.2. The number of hydrogen-bond donors (Lipinski definition) is 0. The highest BCUT2D eigenvalue weighted by molar-refractivity contribution is 5.78. The van der Waals surface area contributed by atoms with E-state index in [-0.39, 0.29) is 0 Å². The second-order valence-electron chi connectivity index (χ2n) is 4.65. The fraction of sp³-hybridized carbons (Fsp3) is 0.571. The second kappa shape index (κ2) is 5.78. The Bertz CT molecular complexity index is 360. The highest BCUT2D eigenvalue weighted by Gasteiger charge is 2.08. The van der Waals surface area contributed by atoms with Crippen LogP contribution in [0.3, 0.4) is 0 Å². The molecule has 1 aromatic rings. The zero-order valence-corrected chi connectivity index (χ0v) is 9.82. The molecule has 1 aromatic heterocycles. The molecule has 0 unspecified atom stereocenters. The van der Waals surface area contributed by atoms with Crippen LogP contribution in [0.1, 0.15) is 44.1 Å². The maximum Gasteiger partial charge on any atom is 0.171 e. The van der Waals surface area contributed by atoms with E-state index < -0.39 is 0 Å². The summed E-state index contributed by atoms with van der Waals surface area (Å²) in [4.78, 5) is 11.5. The van der Waals surface area contributed by atoms with E-state index in [0.717, 1.165) is 38.6 Å². The minimum absolute atomic E-state index is 0.442. The molecule has 0 N–H and O–H groups in total. The Hall–Kier alpha value is -1.18. The van der Waals surface area contributed by atoms with Crippen molar-refractivity contribution in [3.63, 3.8) is 0 Å². The molecule has 0 saturated carbocycles. The molecule has 0 amide bonds. The molecule has 2 heteroatoms. The van der Waals surface area contributed by atoms with Crippen LogP contribution in [0.15, 0.2) is 24.5 Å². The van der Waals surface area contributed by atoms with Crippen molar-refractivity contribution >= 4 is 5.78 Å². The molecule has 0 aliphatic carbocycles. The number of fused-ring (bicyclic) bond motifs is 2. The summed E-state index contributed by atoms with van der Waals surface area (Å²) in [6.07, 6.45) is 11.5. The van der Waals surface area contributed by atoms with Crippen LogP contribution in [0.25, 0.3) is 0 Å². The summed E-state index contributed by atoms with van der Waals surface area (Å²) < 4.78 is 2.21. The van der Waals surface area contributed by atoms with Crippen LogP contribution >= 0.6 is 0 Å². The third-order valence-corrected chi connectivity index (χ3v) is 3.21. The molecule has 86 valence electrons. The molecule has 2 nitrogen and oxygen atoms in total. The summed E-state index contributed by atoms with van der Waals surface area (Å²) in [7, 11) is 0. The van der Waals surface area contributed by atoms with Crippen LogP contribution in [-0.2, 0) is 17.8 Å². The van der Waals surface area contributed by atoms with Gasteiger partial charge in [0.2, 0.25) is 0 Å². The van der Waals surface area contributed by atoms with Crippen LogP contribution < -0.4 is 4.57 Å². The van der Waals surface area contributed by atoms with Gasteiger partial charge in [-0.05, 0) is 25.3 Å². The fourth-order valence-corrected chi connectivity index (χ4v) is 2.28. The molecule has 0 spiro atoms. The number of aromatic nitrogens is 1. The number of carbonyl (C=O) groups excluding carboxylic acids is 1. The van der Waals surface area contributed by atoms with Gasteiger partial charge in [-0.25, -0.2) is 4.57 Å². The van der Waals surface area contributed by atoms with E-state index >= 15 is 0 Å². The molecule has 1 aliphatic heterocycles. The van der Waals surface area contributed by atoms with Crippen molar-refractivity contribution in [2.45, 2.75) is 51.5 Å². The summed E-state index contributed by atoms with van der Waals surface area (Å²) >= 11 is 0. The lowest BCUT2D eigenvalue weighted by Gasteiger charge is -2.04. The molecular formula is C14H20NO+. The number of carbonyl (C=O) groups is 1. The van der Waals surface area contributed by atoms with Gasteiger partial charge in [-0.15, -0.1) is 0 Å². The Morgan fingerprint density at radius 2 is 1.81 bits per heavy atom. The number of hydrogen-bond acceptors (Lipinski definition) is 1. The molecular weight excluding hydrogens is 198 g/mol. The van der Waals surface area contributed by atoms with Gasteiger partial charge in [-0.2, -0.15) is 0 Å². The second-order valence-corrected chi connectivity index (χ2v) is 4.65. The third kappa shape index (κ3) is 3.44. The topological polar surface area (TPSA) is 20.9 Å². The van der Waals surface area contributed by atoms with Crippen molar-refractivity contribution in [3.8, 4) is 0 Å². The Kier molecular flexibility index (Phi) is 4.09. The Morgan fingerprint density at radius 3 is 2.75 bits per heavy atom. The first-order chi connectivity index (χ1) is 7.84. The highest BCUT2D eigenvalue weighted by atomic mass is 16.1. The molecule has 2 bridgehead atoms. The van der Waals surface area contributed by atoms with Crippen LogP contribution in [0.5, 0.6) is 0 Å². The molecule has 0 atom stereocenters. The smallest absolute Gasteiger partial charge is 0.171 e. The molecule has 0 radical (unpaired) electrons. The van der Waals surface area contributed by atoms with Gasteiger partial charge in [-0.1, -0.05) is 6.42 Å². The number of aryl methyl sites for hydroxylation is 2. The van der Waals surface area contributed by atoms with Gasteiger partial charge in [-0.3, -0.25) is 4.79 Å². The molecule has 1 aliphatic rings. The molecule has 2 rings (SSSR count). The van der Waals surface area contributed by atoms with Crippen molar-refractivity contribution in [1.82, 2.24) is 0 Å². The predicted molar refractivity (Wildman–Crippen MR) is 63.1 cm³/mol. The molecule has 0 fully saturated rings. The van der Waals surface area contributed by atoms with Crippen LogP contribution in [-0.4, -0.2) is 5.78 Å². The van der Waals surface area contributed by atoms with E-state index in [0.29, 0.717) is 5.78 Å². The van der Waals surface area contributed by atoms with E-state index in [9.17, 15) is 4.79 Å². The van der Waals surface area contributed by atoms with Gasteiger partial charge < -0.3 is 0 Å². The average Bonchev–Trinajstić information content (AvgIpc) is 2.28.